The minimum absolute atomic E-state index is 0.0159. The van der Waals surface area contributed by atoms with E-state index in [9.17, 15) is 8.42 Å². The smallest absolute Gasteiger partial charge is 0.244 e. The predicted molar refractivity (Wildman–Crippen MR) is 79.8 cm³/mol. The first-order valence-corrected chi connectivity index (χ1v) is 8.83. The monoisotopic (exact) mass is 317 g/mol. The molecule has 0 heterocycles. The topological polar surface area (TPSA) is 55.4 Å². The van der Waals surface area contributed by atoms with Crippen molar-refractivity contribution in [2.75, 3.05) is 6.61 Å². The molecule has 0 saturated heterocycles. The molecule has 0 amide bonds. The first-order valence-electron chi connectivity index (χ1n) is 6.97. The van der Waals surface area contributed by atoms with E-state index in [4.69, 9.17) is 16.3 Å². The van der Waals surface area contributed by atoms with Gasteiger partial charge in [0.15, 0.2) is 0 Å². The van der Waals surface area contributed by atoms with Crippen LogP contribution >= 0.6 is 11.6 Å². The van der Waals surface area contributed by atoms with Crippen LogP contribution in [-0.4, -0.2) is 21.1 Å². The molecule has 1 aromatic rings. The van der Waals surface area contributed by atoms with Gasteiger partial charge in [-0.15, -0.1) is 0 Å². The van der Waals surface area contributed by atoms with E-state index in [1.165, 1.54) is 12.5 Å². The summed E-state index contributed by atoms with van der Waals surface area (Å²) in [5.74, 6) is 0.347. The van der Waals surface area contributed by atoms with Crippen LogP contribution in [-0.2, 0) is 10.0 Å². The van der Waals surface area contributed by atoms with Gasteiger partial charge in [0, 0.05) is 11.1 Å². The second-order valence-corrected chi connectivity index (χ2v) is 7.10. The highest BCUT2D eigenvalue weighted by atomic mass is 35.5. The highest BCUT2D eigenvalue weighted by molar-refractivity contribution is 7.89. The molecular formula is C14H20ClNO3S. The van der Waals surface area contributed by atoms with Gasteiger partial charge in [0.1, 0.15) is 10.6 Å². The fourth-order valence-electron chi connectivity index (χ4n) is 2.47. The van der Waals surface area contributed by atoms with Crippen molar-refractivity contribution in [1.82, 2.24) is 4.72 Å². The fraction of sp³-hybridized carbons (Fsp3) is 0.571. The third-order valence-corrected chi connectivity index (χ3v) is 5.20. The average molecular weight is 318 g/mol. The summed E-state index contributed by atoms with van der Waals surface area (Å²) in [5.41, 5.74) is 0. The van der Waals surface area contributed by atoms with E-state index >= 15 is 0 Å². The van der Waals surface area contributed by atoms with Crippen LogP contribution in [0.3, 0.4) is 0 Å². The van der Waals surface area contributed by atoms with E-state index in [-0.39, 0.29) is 10.9 Å². The SMILES string of the molecule is CCOc1ccc(Cl)cc1S(=O)(=O)NC1CCCCC1. The van der Waals surface area contributed by atoms with Crippen molar-refractivity contribution in [2.24, 2.45) is 0 Å². The van der Waals surface area contributed by atoms with Crippen LogP contribution in [0, 0.1) is 0 Å². The van der Waals surface area contributed by atoms with Crippen LogP contribution in [0.25, 0.3) is 0 Å². The van der Waals surface area contributed by atoms with Gasteiger partial charge >= 0.3 is 0 Å². The summed E-state index contributed by atoms with van der Waals surface area (Å²) in [6, 6.07) is 4.69. The van der Waals surface area contributed by atoms with Crippen molar-refractivity contribution in [3.05, 3.63) is 23.2 Å². The highest BCUT2D eigenvalue weighted by Gasteiger charge is 2.25. The van der Waals surface area contributed by atoms with E-state index in [2.05, 4.69) is 4.72 Å². The van der Waals surface area contributed by atoms with Crippen LogP contribution in [0.2, 0.25) is 5.02 Å². The van der Waals surface area contributed by atoms with Crippen molar-refractivity contribution >= 4 is 21.6 Å². The Morgan fingerprint density at radius 1 is 1.30 bits per heavy atom. The minimum Gasteiger partial charge on any atom is -0.492 e. The Morgan fingerprint density at radius 2 is 2.00 bits per heavy atom. The number of hydrogen-bond donors (Lipinski definition) is 1. The van der Waals surface area contributed by atoms with E-state index in [0.717, 1.165) is 25.7 Å². The lowest BCUT2D eigenvalue weighted by Crippen LogP contribution is -2.36. The lowest BCUT2D eigenvalue weighted by molar-refractivity contribution is 0.330. The maximum absolute atomic E-state index is 12.5. The standard InChI is InChI=1S/C14H20ClNO3S/c1-2-19-13-9-8-11(15)10-14(13)20(17,18)16-12-6-4-3-5-7-12/h8-10,12,16H,2-7H2,1H3. The highest BCUT2D eigenvalue weighted by Crippen LogP contribution is 2.28. The molecule has 1 aromatic carbocycles. The molecule has 0 aliphatic heterocycles. The molecule has 0 unspecified atom stereocenters. The zero-order chi connectivity index (χ0) is 14.6. The third kappa shape index (κ3) is 3.87. The number of halogens is 1. The van der Waals surface area contributed by atoms with Crippen LogP contribution in [0.1, 0.15) is 39.0 Å². The summed E-state index contributed by atoms with van der Waals surface area (Å²) in [4.78, 5) is 0.123. The molecule has 20 heavy (non-hydrogen) atoms. The Bertz CT molecular complexity index is 554. The Hall–Kier alpha value is -0.780. The van der Waals surface area contributed by atoms with Gasteiger partial charge in [-0.25, -0.2) is 13.1 Å². The molecule has 1 fully saturated rings. The van der Waals surface area contributed by atoms with Crippen LogP contribution in [0.4, 0.5) is 0 Å². The van der Waals surface area contributed by atoms with Gasteiger partial charge < -0.3 is 4.74 Å². The third-order valence-electron chi connectivity index (χ3n) is 3.42. The quantitative estimate of drug-likeness (QED) is 0.906. The van der Waals surface area contributed by atoms with Crippen LogP contribution in [0.5, 0.6) is 5.75 Å². The molecule has 1 saturated carbocycles. The number of hydrogen-bond acceptors (Lipinski definition) is 3. The van der Waals surface area contributed by atoms with E-state index in [0.29, 0.717) is 17.4 Å². The number of benzene rings is 1. The zero-order valence-corrected chi connectivity index (χ0v) is 13.1. The summed E-state index contributed by atoms with van der Waals surface area (Å²) in [7, 11) is -3.59. The molecule has 6 heteroatoms. The largest absolute Gasteiger partial charge is 0.492 e. The van der Waals surface area contributed by atoms with Crippen molar-refractivity contribution in [1.29, 1.82) is 0 Å². The second-order valence-electron chi connectivity index (χ2n) is 4.98. The first kappa shape index (κ1) is 15.6. The van der Waals surface area contributed by atoms with Gasteiger partial charge in [-0.2, -0.15) is 0 Å². The average Bonchev–Trinajstić information content (AvgIpc) is 2.41. The number of nitrogens with one attached hydrogen (secondary N) is 1. The van der Waals surface area contributed by atoms with Gasteiger partial charge in [0.05, 0.1) is 6.61 Å². The zero-order valence-electron chi connectivity index (χ0n) is 11.6. The lowest BCUT2D eigenvalue weighted by atomic mass is 9.96. The van der Waals surface area contributed by atoms with Crippen molar-refractivity contribution in [2.45, 2.75) is 50.0 Å². The Balaban J connectivity index is 2.25. The van der Waals surface area contributed by atoms with Crippen LogP contribution in [0.15, 0.2) is 23.1 Å². The molecule has 0 spiro atoms. The molecule has 1 aliphatic rings. The molecule has 0 aromatic heterocycles. The molecule has 0 radical (unpaired) electrons. The summed E-state index contributed by atoms with van der Waals surface area (Å²) in [6.45, 7) is 2.23. The maximum atomic E-state index is 12.5. The maximum Gasteiger partial charge on any atom is 0.244 e. The van der Waals surface area contributed by atoms with Gasteiger partial charge in [0.2, 0.25) is 10.0 Å². The summed E-state index contributed by atoms with van der Waals surface area (Å²) in [5, 5.41) is 0.387. The second kappa shape index (κ2) is 6.78. The fourth-order valence-corrected chi connectivity index (χ4v) is 4.18. The van der Waals surface area contributed by atoms with Gasteiger partial charge in [-0.3, -0.25) is 0 Å². The van der Waals surface area contributed by atoms with E-state index < -0.39 is 10.0 Å². The van der Waals surface area contributed by atoms with E-state index in [1.807, 2.05) is 6.92 Å². The Labute approximate surface area is 125 Å². The Kier molecular flexibility index (Phi) is 5.29. The van der Waals surface area contributed by atoms with E-state index in [1.54, 1.807) is 12.1 Å². The minimum atomic E-state index is -3.59. The number of ether oxygens (including phenoxy) is 1. The van der Waals surface area contributed by atoms with Crippen molar-refractivity contribution < 1.29 is 13.2 Å². The molecule has 0 bridgehead atoms. The van der Waals surface area contributed by atoms with Crippen LogP contribution < -0.4 is 9.46 Å². The first-order chi connectivity index (χ1) is 9.53. The molecule has 1 aliphatic carbocycles. The van der Waals surface area contributed by atoms with Crippen molar-refractivity contribution in [3.63, 3.8) is 0 Å². The normalized spacial score (nSPS) is 17.1. The predicted octanol–water partition coefficient (Wildman–Crippen LogP) is 3.35. The number of rotatable bonds is 5. The molecular weight excluding hydrogens is 298 g/mol. The van der Waals surface area contributed by atoms with Gasteiger partial charge in [0.25, 0.3) is 0 Å². The van der Waals surface area contributed by atoms with Gasteiger partial charge in [-0.05, 0) is 38.0 Å². The molecule has 4 nitrogen and oxygen atoms in total. The summed E-state index contributed by atoms with van der Waals surface area (Å²) in [6.07, 6.45) is 5.11. The summed E-state index contributed by atoms with van der Waals surface area (Å²) < 4.78 is 33.2. The lowest BCUT2D eigenvalue weighted by Gasteiger charge is -2.23. The Morgan fingerprint density at radius 3 is 2.65 bits per heavy atom. The number of sulfonamides is 1. The molecule has 0 atom stereocenters. The molecule has 112 valence electrons. The molecule has 1 N–H and O–H groups in total. The molecule has 2 rings (SSSR count). The van der Waals surface area contributed by atoms with Crippen molar-refractivity contribution in [3.8, 4) is 5.75 Å². The van der Waals surface area contributed by atoms with Gasteiger partial charge in [-0.1, -0.05) is 30.9 Å². The summed E-state index contributed by atoms with van der Waals surface area (Å²) >= 11 is 5.92.